The number of thioether (sulfide) groups is 1. The first kappa shape index (κ1) is 20.3. The van der Waals surface area contributed by atoms with E-state index >= 15 is 0 Å². The molecule has 0 aliphatic carbocycles. The fourth-order valence-corrected chi connectivity index (χ4v) is 4.16. The Labute approximate surface area is 168 Å². The van der Waals surface area contributed by atoms with Gasteiger partial charge in [-0.1, -0.05) is 13.8 Å². The molecule has 0 bridgehead atoms. The maximum absolute atomic E-state index is 12.8. The molecule has 0 saturated carbocycles. The van der Waals surface area contributed by atoms with Crippen molar-refractivity contribution in [1.82, 2.24) is 0 Å². The van der Waals surface area contributed by atoms with Gasteiger partial charge in [0.2, 0.25) is 5.91 Å². The Bertz CT molecular complexity index is 990. The average molecular weight is 423 g/mol. The fourth-order valence-electron chi connectivity index (χ4n) is 2.55. The van der Waals surface area contributed by atoms with E-state index in [1.165, 1.54) is 23.9 Å². The Hall–Kier alpha value is -2.39. The second-order valence-electron chi connectivity index (χ2n) is 6.47. The van der Waals surface area contributed by atoms with Crippen LogP contribution in [0.4, 0.5) is 11.4 Å². The molecular formula is C19H22N2O5S2. The maximum atomic E-state index is 12.8. The summed E-state index contributed by atoms with van der Waals surface area (Å²) in [4.78, 5) is 12.9. The van der Waals surface area contributed by atoms with Crippen LogP contribution in [0.2, 0.25) is 0 Å². The Balaban J connectivity index is 1.88. The number of hydrogen-bond acceptors (Lipinski definition) is 6. The monoisotopic (exact) mass is 422 g/mol. The maximum Gasteiger partial charge on any atom is 0.261 e. The summed E-state index contributed by atoms with van der Waals surface area (Å²) in [5.41, 5.74) is 0.835. The molecule has 1 aliphatic rings. The third-order valence-corrected chi connectivity index (χ3v) is 6.23. The molecule has 1 aliphatic heterocycles. The molecule has 0 unspecified atom stereocenters. The van der Waals surface area contributed by atoms with Gasteiger partial charge in [-0.3, -0.25) is 9.52 Å². The number of sulfonamides is 1. The minimum atomic E-state index is -3.85. The Morgan fingerprint density at radius 1 is 1.07 bits per heavy atom. The van der Waals surface area contributed by atoms with Gasteiger partial charge < -0.3 is 14.8 Å². The normalized spacial score (nSPS) is 13.3. The van der Waals surface area contributed by atoms with Gasteiger partial charge in [0.15, 0.2) is 11.5 Å². The molecule has 0 fully saturated rings. The van der Waals surface area contributed by atoms with Crippen molar-refractivity contribution in [2.45, 2.75) is 23.6 Å². The van der Waals surface area contributed by atoms with E-state index in [0.717, 1.165) is 4.90 Å². The van der Waals surface area contributed by atoms with Crippen LogP contribution in [0, 0.1) is 5.92 Å². The van der Waals surface area contributed by atoms with Crippen molar-refractivity contribution in [3.8, 4) is 11.5 Å². The number of carbonyl (C=O) groups excluding carboxylic acids is 1. The van der Waals surface area contributed by atoms with Crippen LogP contribution < -0.4 is 19.5 Å². The Morgan fingerprint density at radius 2 is 1.79 bits per heavy atom. The molecule has 3 rings (SSSR count). The molecule has 0 radical (unpaired) electrons. The molecule has 1 heterocycles. The highest BCUT2D eigenvalue weighted by Gasteiger charge is 2.20. The first-order chi connectivity index (χ1) is 13.3. The van der Waals surface area contributed by atoms with Gasteiger partial charge in [0, 0.05) is 16.9 Å². The van der Waals surface area contributed by atoms with Crippen molar-refractivity contribution in [2.75, 3.05) is 29.5 Å². The van der Waals surface area contributed by atoms with Gasteiger partial charge in [0.25, 0.3) is 10.0 Å². The summed E-state index contributed by atoms with van der Waals surface area (Å²) in [6.07, 6.45) is 1.86. The summed E-state index contributed by atoms with van der Waals surface area (Å²) in [5.74, 6) is 0.682. The number of hydrogen-bond donors (Lipinski definition) is 2. The number of anilines is 2. The van der Waals surface area contributed by atoms with Crippen LogP contribution in [0.25, 0.3) is 0 Å². The van der Waals surface area contributed by atoms with Crippen LogP contribution in [-0.2, 0) is 14.8 Å². The number of nitrogens with one attached hydrogen (secondary N) is 2. The molecule has 150 valence electrons. The van der Waals surface area contributed by atoms with Gasteiger partial charge in [-0.25, -0.2) is 8.42 Å². The zero-order valence-electron chi connectivity index (χ0n) is 15.8. The number of amides is 1. The van der Waals surface area contributed by atoms with Crippen molar-refractivity contribution in [3.63, 3.8) is 0 Å². The van der Waals surface area contributed by atoms with Crippen molar-refractivity contribution in [2.24, 2.45) is 5.92 Å². The SMILES string of the molecule is CSc1ccc(S(=O)(=O)Nc2ccc3c(c2)OCCO3)cc1NC(=O)C(C)C. The number of benzene rings is 2. The van der Waals surface area contributed by atoms with Crippen LogP contribution in [0.3, 0.4) is 0 Å². The second kappa shape index (κ2) is 8.32. The van der Waals surface area contributed by atoms with E-state index in [9.17, 15) is 13.2 Å². The van der Waals surface area contributed by atoms with Crippen LogP contribution >= 0.6 is 11.8 Å². The van der Waals surface area contributed by atoms with Crippen molar-refractivity contribution >= 4 is 39.1 Å². The van der Waals surface area contributed by atoms with E-state index < -0.39 is 10.0 Å². The largest absolute Gasteiger partial charge is 0.486 e. The van der Waals surface area contributed by atoms with Gasteiger partial charge >= 0.3 is 0 Å². The minimum absolute atomic E-state index is 0.0549. The summed E-state index contributed by atoms with van der Waals surface area (Å²) in [6, 6.07) is 9.52. The lowest BCUT2D eigenvalue weighted by Gasteiger charge is -2.19. The fraction of sp³-hybridized carbons (Fsp3) is 0.316. The first-order valence-corrected chi connectivity index (χ1v) is 11.4. The summed E-state index contributed by atoms with van der Waals surface area (Å²) < 4.78 is 39.2. The van der Waals surface area contributed by atoms with Crippen LogP contribution in [0.5, 0.6) is 11.5 Å². The molecule has 0 aromatic heterocycles. The van der Waals surface area contributed by atoms with E-state index in [4.69, 9.17) is 9.47 Å². The highest BCUT2D eigenvalue weighted by molar-refractivity contribution is 7.98. The molecule has 28 heavy (non-hydrogen) atoms. The molecule has 2 aromatic carbocycles. The lowest BCUT2D eigenvalue weighted by molar-refractivity contribution is -0.118. The lowest BCUT2D eigenvalue weighted by Crippen LogP contribution is -2.19. The highest BCUT2D eigenvalue weighted by Crippen LogP contribution is 2.34. The summed E-state index contributed by atoms with van der Waals surface area (Å²) in [7, 11) is -3.85. The van der Waals surface area contributed by atoms with E-state index in [1.54, 1.807) is 38.1 Å². The van der Waals surface area contributed by atoms with Gasteiger partial charge in [-0.05, 0) is 36.6 Å². The molecule has 7 nitrogen and oxygen atoms in total. The molecule has 0 spiro atoms. The predicted octanol–water partition coefficient (Wildman–Crippen LogP) is 3.58. The molecule has 0 saturated heterocycles. The summed E-state index contributed by atoms with van der Waals surface area (Å²) >= 11 is 1.43. The quantitative estimate of drug-likeness (QED) is 0.691. The van der Waals surface area contributed by atoms with Crippen LogP contribution in [0.15, 0.2) is 46.2 Å². The number of rotatable bonds is 6. The molecule has 2 aromatic rings. The smallest absolute Gasteiger partial charge is 0.261 e. The molecule has 0 atom stereocenters. The van der Waals surface area contributed by atoms with Gasteiger partial charge in [0.05, 0.1) is 16.3 Å². The minimum Gasteiger partial charge on any atom is -0.486 e. The van der Waals surface area contributed by atoms with Crippen LogP contribution in [0.1, 0.15) is 13.8 Å². The lowest BCUT2D eigenvalue weighted by atomic mass is 10.2. The van der Waals surface area contributed by atoms with E-state index in [0.29, 0.717) is 36.1 Å². The van der Waals surface area contributed by atoms with E-state index in [-0.39, 0.29) is 16.7 Å². The van der Waals surface area contributed by atoms with Gasteiger partial charge in [-0.2, -0.15) is 0 Å². The zero-order valence-corrected chi connectivity index (χ0v) is 17.4. The third kappa shape index (κ3) is 4.53. The highest BCUT2D eigenvalue weighted by atomic mass is 32.2. The second-order valence-corrected chi connectivity index (χ2v) is 9.00. The standard InChI is InChI=1S/C19H22N2O5S2/c1-12(2)19(22)20-15-11-14(5-7-18(15)27-3)28(23,24)21-13-4-6-16-17(10-13)26-9-8-25-16/h4-7,10-12,21H,8-9H2,1-3H3,(H,20,22). The molecule has 9 heteroatoms. The zero-order chi connectivity index (χ0) is 20.3. The van der Waals surface area contributed by atoms with Crippen LogP contribution in [-0.4, -0.2) is 33.8 Å². The van der Waals surface area contributed by atoms with Crippen molar-refractivity contribution < 1.29 is 22.7 Å². The first-order valence-electron chi connectivity index (χ1n) is 8.71. The third-order valence-electron chi connectivity index (χ3n) is 4.06. The summed E-state index contributed by atoms with van der Waals surface area (Å²) in [5, 5.41) is 2.79. The van der Waals surface area contributed by atoms with E-state index in [2.05, 4.69) is 10.0 Å². The Morgan fingerprint density at radius 3 is 2.46 bits per heavy atom. The topological polar surface area (TPSA) is 93.7 Å². The molecule has 2 N–H and O–H groups in total. The van der Waals surface area contributed by atoms with Gasteiger partial charge in [0.1, 0.15) is 13.2 Å². The number of ether oxygens (including phenoxy) is 2. The summed E-state index contributed by atoms with van der Waals surface area (Å²) in [6.45, 7) is 4.43. The van der Waals surface area contributed by atoms with E-state index in [1.807, 2.05) is 6.26 Å². The molecule has 1 amide bonds. The average Bonchev–Trinajstić information content (AvgIpc) is 2.67. The Kier molecular flexibility index (Phi) is 6.04. The predicted molar refractivity (Wildman–Crippen MR) is 110 cm³/mol. The van der Waals surface area contributed by atoms with Gasteiger partial charge in [-0.15, -0.1) is 11.8 Å². The number of carbonyl (C=O) groups is 1. The van der Waals surface area contributed by atoms with Crippen molar-refractivity contribution in [1.29, 1.82) is 0 Å². The number of fused-ring (bicyclic) bond motifs is 1. The molecular weight excluding hydrogens is 400 g/mol. The van der Waals surface area contributed by atoms with Crippen molar-refractivity contribution in [3.05, 3.63) is 36.4 Å².